The molecule has 1 N–H and O–H groups in total. The van der Waals surface area contributed by atoms with Crippen molar-refractivity contribution in [2.75, 3.05) is 5.32 Å². The highest BCUT2D eigenvalue weighted by molar-refractivity contribution is 5.96. The summed E-state index contributed by atoms with van der Waals surface area (Å²) in [5, 5.41) is 5.03. The fourth-order valence-corrected chi connectivity index (χ4v) is 3.49. The molecule has 0 aromatic heterocycles. The van der Waals surface area contributed by atoms with Crippen molar-refractivity contribution >= 4 is 22.4 Å². The second-order valence-corrected chi connectivity index (χ2v) is 7.56. The molecule has 0 spiro atoms. The van der Waals surface area contributed by atoms with Gasteiger partial charge in [-0.2, -0.15) is 0 Å². The number of para-hydroxylation sites is 1. The SMILES string of the molecule is CC(Oc1cccc2ccccc12)C(=O)Nc1cccc2c1OC(C)(C)C2. The first kappa shape index (κ1) is 17.4. The number of nitrogens with one attached hydrogen (secondary N) is 1. The number of anilines is 1. The number of hydrogen-bond acceptors (Lipinski definition) is 3. The van der Waals surface area contributed by atoms with Gasteiger partial charge in [0, 0.05) is 17.4 Å². The third-order valence-corrected chi connectivity index (χ3v) is 4.77. The van der Waals surface area contributed by atoms with Crippen LogP contribution in [0.5, 0.6) is 11.5 Å². The Morgan fingerprint density at radius 3 is 2.67 bits per heavy atom. The Morgan fingerprint density at radius 2 is 1.81 bits per heavy atom. The molecule has 1 heterocycles. The second kappa shape index (κ2) is 6.62. The maximum absolute atomic E-state index is 12.7. The zero-order valence-electron chi connectivity index (χ0n) is 15.8. The van der Waals surface area contributed by atoms with E-state index in [1.54, 1.807) is 6.92 Å². The number of carbonyl (C=O) groups is 1. The Kier molecular flexibility index (Phi) is 4.27. The largest absolute Gasteiger partial charge is 0.485 e. The third-order valence-electron chi connectivity index (χ3n) is 4.77. The normalized spacial score (nSPS) is 15.7. The number of benzene rings is 3. The quantitative estimate of drug-likeness (QED) is 0.714. The average Bonchev–Trinajstić information content (AvgIpc) is 2.97. The Balaban J connectivity index is 1.52. The molecule has 4 heteroatoms. The van der Waals surface area contributed by atoms with Crippen LogP contribution in [0.3, 0.4) is 0 Å². The Hall–Kier alpha value is -3.01. The second-order valence-electron chi connectivity index (χ2n) is 7.56. The summed E-state index contributed by atoms with van der Waals surface area (Å²) in [5.74, 6) is 1.25. The van der Waals surface area contributed by atoms with E-state index in [9.17, 15) is 4.79 Å². The average molecular weight is 361 g/mol. The van der Waals surface area contributed by atoms with E-state index in [0.717, 1.165) is 28.5 Å². The summed E-state index contributed by atoms with van der Waals surface area (Å²) in [6, 6.07) is 19.7. The molecule has 1 amide bonds. The van der Waals surface area contributed by atoms with Gasteiger partial charge in [-0.3, -0.25) is 4.79 Å². The summed E-state index contributed by atoms with van der Waals surface area (Å²) >= 11 is 0. The zero-order chi connectivity index (χ0) is 19.0. The summed E-state index contributed by atoms with van der Waals surface area (Å²) in [7, 11) is 0. The van der Waals surface area contributed by atoms with E-state index in [2.05, 4.69) is 5.32 Å². The molecular weight excluding hydrogens is 338 g/mol. The van der Waals surface area contributed by atoms with Crippen LogP contribution in [0, 0.1) is 0 Å². The standard InChI is InChI=1S/C23H23NO3/c1-15(26-20-13-7-9-16-8-4-5-11-18(16)20)22(25)24-19-12-6-10-17-14-23(2,3)27-21(17)19/h4-13,15H,14H2,1-3H3,(H,24,25). The van der Waals surface area contributed by atoms with Gasteiger partial charge in [-0.25, -0.2) is 0 Å². The lowest BCUT2D eigenvalue weighted by Gasteiger charge is -2.19. The van der Waals surface area contributed by atoms with Crippen LogP contribution >= 0.6 is 0 Å². The van der Waals surface area contributed by atoms with E-state index < -0.39 is 6.10 Å². The molecule has 1 atom stereocenters. The van der Waals surface area contributed by atoms with E-state index in [-0.39, 0.29) is 11.5 Å². The topological polar surface area (TPSA) is 47.6 Å². The van der Waals surface area contributed by atoms with Crippen LogP contribution in [-0.2, 0) is 11.2 Å². The molecule has 1 unspecified atom stereocenters. The smallest absolute Gasteiger partial charge is 0.265 e. The van der Waals surface area contributed by atoms with Gasteiger partial charge in [0.25, 0.3) is 5.91 Å². The summed E-state index contributed by atoms with van der Waals surface area (Å²) in [4.78, 5) is 12.7. The van der Waals surface area contributed by atoms with E-state index in [0.29, 0.717) is 11.4 Å². The van der Waals surface area contributed by atoms with Crippen molar-refractivity contribution in [3.05, 3.63) is 66.2 Å². The van der Waals surface area contributed by atoms with E-state index in [1.165, 1.54) is 0 Å². The van der Waals surface area contributed by atoms with E-state index in [1.807, 2.05) is 74.5 Å². The molecule has 1 aliphatic rings. The molecule has 0 fully saturated rings. The maximum atomic E-state index is 12.7. The highest BCUT2D eigenvalue weighted by atomic mass is 16.5. The van der Waals surface area contributed by atoms with Crippen LogP contribution < -0.4 is 14.8 Å². The zero-order valence-corrected chi connectivity index (χ0v) is 15.8. The Bertz CT molecular complexity index is 1000. The molecule has 3 aromatic carbocycles. The molecule has 0 bridgehead atoms. The first-order chi connectivity index (χ1) is 12.9. The summed E-state index contributed by atoms with van der Waals surface area (Å²) in [6.07, 6.45) is 0.190. The highest BCUT2D eigenvalue weighted by Gasteiger charge is 2.32. The molecular formula is C23H23NO3. The summed E-state index contributed by atoms with van der Waals surface area (Å²) < 4.78 is 12.0. The minimum atomic E-state index is -0.638. The van der Waals surface area contributed by atoms with Gasteiger partial charge in [0.05, 0.1) is 5.69 Å². The van der Waals surface area contributed by atoms with Crippen LogP contribution in [0.25, 0.3) is 10.8 Å². The van der Waals surface area contributed by atoms with E-state index >= 15 is 0 Å². The minimum absolute atomic E-state index is 0.204. The fraction of sp³-hybridized carbons (Fsp3) is 0.261. The van der Waals surface area contributed by atoms with Gasteiger partial charge in [0.1, 0.15) is 17.1 Å². The lowest BCUT2D eigenvalue weighted by Crippen LogP contribution is -2.30. The molecule has 1 aliphatic heterocycles. The molecule has 27 heavy (non-hydrogen) atoms. The first-order valence-corrected chi connectivity index (χ1v) is 9.19. The molecule has 0 radical (unpaired) electrons. The Labute approximate surface area is 159 Å². The third kappa shape index (κ3) is 3.47. The van der Waals surface area contributed by atoms with Crippen LogP contribution in [0.1, 0.15) is 26.3 Å². The number of hydrogen-bond donors (Lipinski definition) is 1. The Morgan fingerprint density at radius 1 is 1.07 bits per heavy atom. The van der Waals surface area contributed by atoms with Crippen molar-refractivity contribution in [1.82, 2.24) is 0 Å². The van der Waals surface area contributed by atoms with Gasteiger partial charge < -0.3 is 14.8 Å². The molecule has 0 saturated carbocycles. The molecule has 0 saturated heterocycles. The van der Waals surface area contributed by atoms with Gasteiger partial charge >= 0.3 is 0 Å². The first-order valence-electron chi connectivity index (χ1n) is 9.19. The molecule has 4 rings (SSSR count). The van der Waals surface area contributed by atoms with Gasteiger partial charge in [0.2, 0.25) is 0 Å². The lowest BCUT2D eigenvalue weighted by molar-refractivity contribution is -0.122. The lowest BCUT2D eigenvalue weighted by atomic mass is 10.0. The number of ether oxygens (including phenoxy) is 2. The van der Waals surface area contributed by atoms with Gasteiger partial charge in [0.15, 0.2) is 6.10 Å². The fourth-order valence-electron chi connectivity index (χ4n) is 3.49. The number of carbonyl (C=O) groups excluding carboxylic acids is 1. The van der Waals surface area contributed by atoms with Crippen LogP contribution in [0.4, 0.5) is 5.69 Å². The van der Waals surface area contributed by atoms with Crippen molar-refractivity contribution in [2.24, 2.45) is 0 Å². The molecule has 3 aromatic rings. The minimum Gasteiger partial charge on any atom is -0.485 e. The summed E-state index contributed by atoms with van der Waals surface area (Å²) in [6.45, 7) is 5.85. The predicted molar refractivity (Wildman–Crippen MR) is 108 cm³/mol. The van der Waals surface area contributed by atoms with Crippen molar-refractivity contribution in [2.45, 2.75) is 38.9 Å². The van der Waals surface area contributed by atoms with Gasteiger partial charge in [-0.15, -0.1) is 0 Å². The van der Waals surface area contributed by atoms with Crippen LogP contribution in [0.15, 0.2) is 60.7 Å². The number of rotatable bonds is 4. The number of fused-ring (bicyclic) bond motifs is 2. The van der Waals surface area contributed by atoms with E-state index in [4.69, 9.17) is 9.47 Å². The van der Waals surface area contributed by atoms with Crippen molar-refractivity contribution in [1.29, 1.82) is 0 Å². The van der Waals surface area contributed by atoms with Gasteiger partial charge in [-0.05, 0) is 38.3 Å². The number of amides is 1. The molecule has 138 valence electrons. The van der Waals surface area contributed by atoms with Crippen LogP contribution in [0.2, 0.25) is 0 Å². The highest BCUT2D eigenvalue weighted by Crippen LogP contribution is 2.40. The summed E-state index contributed by atoms with van der Waals surface area (Å²) in [5.41, 5.74) is 1.55. The van der Waals surface area contributed by atoms with Gasteiger partial charge in [-0.1, -0.05) is 48.5 Å². The van der Waals surface area contributed by atoms with Crippen molar-refractivity contribution in [3.63, 3.8) is 0 Å². The van der Waals surface area contributed by atoms with Crippen molar-refractivity contribution < 1.29 is 14.3 Å². The monoisotopic (exact) mass is 361 g/mol. The molecule has 4 nitrogen and oxygen atoms in total. The maximum Gasteiger partial charge on any atom is 0.265 e. The van der Waals surface area contributed by atoms with Crippen molar-refractivity contribution in [3.8, 4) is 11.5 Å². The molecule has 0 aliphatic carbocycles. The van der Waals surface area contributed by atoms with Crippen LogP contribution in [-0.4, -0.2) is 17.6 Å². The predicted octanol–water partition coefficient (Wildman–Crippen LogP) is 4.96.